The molecule has 2 bridgehead atoms. The Balaban J connectivity index is 2.25. The first kappa shape index (κ1) is 32.6. The molecule has 0 spiro atoms. The maximum atomic E-state index is 13.4. The van der Waals surface area contributed by atoms with Gasteiger partial charge in [-0.15, -0.1) is 0 Å². The Hall–Kier alpha value is -2.59. The summed E-state index contributed by atoms with van der Waals surface area (Å²) in [7, 11) is 0. The zero-order valence-corrected chi connectivity index (χ0v) is 25.1. The number of hydrogen-bond donors (Lipinski definition) is 5. The summed E-state index contributed by atoms with van der Waals surface area (Å²) in [5.41, 5.74) is 1.12. The van der Waals surface area contributed by atoms with Gasteiger partial charge < -0.3 is 26.6 Å². The van der Waals surface area contributed by atoms with Gasteiger partial charge in [-0.05, 0) is 43.2 Å². The van der Waals surface area contributed by atoms with Crippen molar-refractivity contribution in [1.82, 2.24) is 26.6 Å². The molecule has 0 radical (unpaired) electrons. The molecule has 1 aromatic rings. The van der Waals surface area contributed by atoms with Crippen LogP contribution in [0.1, 0.15) is 71.9 Å². The summed E-state index contributed by atoms with van der Waals surface area (Å²) in [5.74, 6) is 0.111. The molecule has 0 saturated heterocycles. The van der Waals surface area contributed by atoms with E-state index in [2.05, 4.69) is 44.8 Å². The van der Waals surface area contributed by atoms with Crippen molar-refractivity contribution >= 4 is 35.4 Å². The van der Waals surface area contributed by atoms with E-state index < -0.39 is 29.4 Å². The highest BCUT2D eigenvalue weighted by molar-refractivity contribution is 7.98. The van der Waals surface area contributed by atoms with Crippen molar-refractivity contribution in [1.29, 1.82) is 0 Å². The number of fused-ring (bicyclic) bond motifs is 2. The summed E-state index contributed by atoms with van der Waals surface area (Å²) >= 11 is 1.66. The smallest absolute Gasteiger partial charge is 0.245 e. The van der Waals surface area contributed by atoms with Gasteiger partial charge in [0.25, 0.3) is 0 Å². The summed E-state index contributed by atoms with van der Waals surface area (Å²) in [6.45, 7) is 12.8. The van der Waals surface area contributed by atoms with E-state index in [-0.39, 0.29) is 30.1 Å². The van der Waals surface area contributed by atoms with Crippen molar-refractivity contribution < 1.29 is 19.2 Å². The third-order valence-corrected chi connectivity index (χ3v) is 7.84. The van der Waals surface area contributed by atoms with Crippen LogP contribution in [0.25, 0.3) is 0 Å². The quantitative estimate of drug-likeness (QED) is 0.384. The van der Waals surface area contributed by atoms with Crippen LogP contribution >= 0.6 is 11.8 Å². The third-order valence-electron chi connectivity index (χ3n) is 6.81. The number of hydrogen-bond acceptors (Lipinski definition) is 6. The molecule has 39 heavy (non-hydrogen) atoms. The Bertz CT molecular complexity index is 984. The molecule has 1 aromatic carbocycles. The van der Waals surface area contributed by atoms with Crippen molar-refractivity contribution in [3.8, 4) is 0 Å². The second-order valence-electron chi connectivity index (χ2n) is 11.3. The molecule has 0 unspecified atom stereocenters. The van der Waals surface area contributed by atoms with E-state index in [0.717, 1.165) is 11.3 Å². The summed E-state index contributed by atoms with van der Waals surface area (Å²) in [5, 5.41) is 14.8. The Kier molecular flexibility index (Phi) is 13.3. The van der Waals surface area contributed by atoms with Crippen molar-refractivity contribution in [3.05, 3.63) is 35.4 Å². The number of nitrogens with one attached hydrogen (secondary N) is 5. The fourth-order valence-electron chi connectivity index (χ4n) is 4.27. The molecule has 1 heterocycles. The average Bonchev–Trinajstić information content (AvgIpc) is 2.87. The third kappa shape index (κ3) is 11.2. The number of carbonyl (C=O) groups excluding carboxylic acids is 4. The number of benzene rings is 1. The number of thioether (sulfide) groups is 1. The van der Waals surface area contributed by atoms with Crippen molar-refractivity contribution in [3.63, 3.8) is 0 Å². The van der Waals surface area contributed by atoms with Crippen LogP contribution in [-0.2, 0) is 31.5 Å². The molecule has 1 aliphatic rings. The van der Waals surface area contributed by atoms with Gasteiger partial charge in [0, 0.05) is 37.6 Å². The van der Waals surface area contributed by atoms with Crippen LogP contribution < -0.4 is 26.6 Å². The van der Waals surface area contributed by atoms with E-state index in [1.807, 2.05) is 33.8 Å². The minimum atomic E-state index is -1.21. The fourth-order valence-corrected chi connectivity index (χ4v) is 5.16. The highest BCUT2D eigenvalue weighted by Gasteiger charge is 2.35. The van der Waals surface area contributed by atoms with Gasteiger partial charge in [-0.2, -0.15) is 11.8 Å². The van der Waals surface area contributed by atoms with Crippen LogP contribution in [0.2, 0.25) is 0 Å². The topological polar surface area (TPSA) is 128 Å². The van der Waals surface area contributed by atoms with E-state index in [0.29, 0.717) is 38.2 Å². The van der Waals surface area contributed by atoms with Gasteiger partial charge in [-0.1, -0.05) is 58.4 Å². The lowest BCUT2D eigenvalue weighted by Crippen LogP contribution is -2.61. The monoisotopic (exact) mass is 561 g/mol. The predicted octanol–water partition coefficient (Wildman–Crippen LogP) is 2.49. The van der Waals surface area contributed by atoms with Crippen LogP contribution in [0.4, 0.5) is 0 Å². The van der Waals surface area contributed by atoms with Gasteiger partial charge >= 0.3 is 0 Å². The minimum absolute atomic E-state index is 0.0980. The molecule has 1 aliphatic heterocycles. The molecule has 2 rings (SSSR count). The minimum Gasteiger partial charge on any atom is -0.353 e. The van der Waals surface area contributed by atoms with Crippen LogP contribution in [0.3, 0.4) is 0 Å². The molecule has 5 N–H and O–H groups in total. The normalized spacial score (nSPS) is 23.4. The molecule has 0 aromatic heterocycles. The molecule has 10 heteroatoms. The van der Waals surface area contributed by atoms with Crippen LogP contribution in [0.5, 0.6) is 0 Å². The Morgan fingerprint density at radius 2 is 1.72 bits per heavy atom. The number of amides is 4. The van der Waals surface area contributed by atoms with E-state index in [1.165, 1.54) is 5.56 Å². The van der Waals surface area contributed by atoms with Gasteiger partial charge in [0.05, 0.1) is 0 Å². The maximum Gasteiger partial charge on any atom is 0.245 e. The van der Waals surface area contributed by atoms with Gasteiger partial charge in [0.2, 0.25) is 23.6 Å². The Morgan fingerprint density at radius 1 is 1.00 bits per heavy atom. The molecule has 218 valence electrons. The van der Waals surface area contributed by atoms with E-state index in [4.69, 9.17) is 0 Å². The SMILES string of the molecule is CC[C@H](C)[C@@H]1NC(=O)[C@H](CC(C)C)NC(=O)C(C)(C)NC(=O)CCSCc2cccc(c2)CNCCNC1=O. The van der Waals surface area contributed by atoms with Crippen molar-refractivity contribution in [2.75, 3.05) is 18.8 Å². The van der Waals surface area contributed by atoms with E-state index in [1.54, 1.807) is 25.6 Å². The first-order chi connectivity index (χ1) is 18.4. The zero-order chi connectivity index (χ0) is 29.0. The second-order valence-corrected chi connectivity index (χ2v) is 12.4. The predicted molar refractivity (Wildman–Crippen MR) is 157 cm³/mol. The Labute approximate surface area is 237 Å². The van der Waals surface area contributed by atoms with Gasteiger partial charge in [0.1, 0.15) is 17.6 Å². The summed E-state index contributed by atoms with van der Waals surface area (Å²) in [6.07, 6.45) is 1.38. The molecule has 0 aliphatic carbocycles. The first-order valence-electron chi connectivity index (χ1n) is 14.0. The van der Waals surface area contributed by atoms with Crippen LogP contribution in [-0.4, -0.2) is 60.1 Å². The molecular formula is C29H47N5O4S. The lowest BCUT2D eigenvalue weighted by atomic mass is 9.96. The highest BCUT2D eigenvalue weighted by Crippen LogP contribution is 2.16. The molecular weight excluding hydrogens is 514 g/mol. The standard InChI is InChI=1S/C29H47N5O4S/c1-7-20(4)25-27(37)31-13-12-30-17-21-9-8-10-22(16-21)18-39-14-11-24(35)34-29(5,6)28(38)32-23(15-19(2)3)26(36)33-25/h8-10,16,19-20,23,25,30H,7,11-15,17-18H2,1-6H3,(H,31,37)(H,32,38)(H,33,36)(H,34,35)/t20-,23-,25-/m0/s1. The number of carbonyl (C=O) groups is 4. The van der Waals surface area contributed by atoms with Crippen LogP contribution in [0.15, 0.2) is 24.3 Å². The number of rotatable bonds is 4. The lowest BCUT2D eigenvalue weighted by Gasteiger charge is -2.30. The van der Waals surface area contributed by atoms with Crippen molar-refractivity contribution in [2.45, 2.75) is 90.7 Å². The zero-order valence-electron chi connectivity index (χ0n) is 24.3. The van der Waals surface area contributed by atoms with Crippen molar-refractivity contribution in [2.24, 2.45) is 11.8 Å². The fraction of sp³-hybridized carbons (Fsp3) is 0.655. The largest absolute Gasteiger partial charge is 0.353 e. The summed E-state index contributed by atoms with van der Waals surface area (Å²) in [6, 6.07) is 6.72. The highest BCUT2D eigenvalue weighted by atomic mass is 32.2. The summed E-state index contributed by atoms with van der Waals surface area (Å²) in [4.78, 5) is 52.3. The molecule has 0 fully saturated rings. The molecule has 9 nitrogen and oxygen atoms in total. The average molecular weight is 562 g/mol. The molecule has 3 atom stereocenters. The molecule has 4 amide bonds. The maximum absolute atomic E-state index is 13.4. The lowest BCUT2D eigenvalue weighted by molar-refractivity contribution is -0.136. The van der Waals surface area contributed by atoms with Gasteiger partial charge in [-0.3, -0.25) is 19.2 Å². The molecule has 0 saturated carbocycles. The van der Waals surface area contributed by atoms with Gasteiger partial charge in [0.15, 0.2) is 0 Å². The summed E-state index contributed by atoms with van der Waals surface area (Å²) < 4.78 is 0. The first-order valence-corrected chi connectivity index (χ1v) is 15.1. The second kappa shape index (κ2) is 15.9. The van der Waals surface area contributed by atoms with Gasteiger partial charge in [-0.25, -0.2) is 0 Å². The van der Waals surface area contributed by atoms with Crippen LogP contribution in [0, 0.1) is 11.8 Å². The Morgan fingerprint density at radius 3 is 2.41 bits per heavy atom. The van der Waals surface area contributed by atoms with E-state index >= 15 is 0 Å². The van der Waals surface area contributed by atoms with E-state index in [9.17, 15) is 19.2 Å².